The van der Waals surface area contributed by atoms with Gasteiger partial charge >= 0.3 is 0 Å². The van der Waals surface area contributed by atoms with E-state index in [9.17, 15) is 13.9 Å². The second-order valence-electron chi connectivity index (χ2n) is 7.57. The van der Waals surface area contributed by atoms with Gasteiger partial charge in [0.15, 0.2) is 0 Å². The number of hydrogen-bond acceptors (Lipinski definition) is 5. The van der Waals surface area contributed by atoms with Gasteiger partial charge in [-0.1, -0.05) is 23.2 Å². The Morgan fingerprint density at radius 3 is 2.60 bits per heavy atom. The van der Waals surface area contributed by atoms with Gasteiger partial charge in [0, 0.05) is 30.5 Å². The summed E-state index contributed by atoms with van der Waals surface area (Å²) in [6.45, 7) is 1.96. The van der Waals surface area contributed by atoms with Crippen molar-refractivity contribution in [3.63, 3.8) is 0 Å². The van der Waals surface area contributed by atoms with E-state index in [0.29, 0.717) is 46.1 Å². The topological polar surface area (TPSA) is 82.0 Å². The monoisotopic (exact) mass is 470 g/mol. The van der Waals surface area contributed by atoms with E-state index >= 15 is 0 Å². The van der Waals surface area contributed by atoms with Gasteiger partial charge in [-0.05, 0) is 67.1 Å². The van der Waals surface area contributed by atoms with Crippen molar-refractivity contribution in [3.05, 3.63) is 57.6 Å². The number of nitrogens with one attached hydrogen (secondary N) is 1. The van der Waals surface area contributed by atoms with Crippen LogP contribution in [-0.4, -0.2) is 40.5 Å². The van der Waals surface area contributed by atoms with Crippen molar-refractivity contribution in [1.29, 1.82) is 0 Å². The molecule has 2 aromatic rings. The van der Waals surface area contributed by atoms with Gasteiger partial charge in [0.25, 0.3) is 5.91 Å². The minimum Gasteiger partial charge on any atom is -0.381 e. The molecule has 2 saturated heterocycles. The van der Waals surface area contributed by atoms with Crippen LogP contribution in [0.25, 0.3) is 0 Å². The SMILES string of the molecule is O=C(Nc1cc(Cl)cc(C2CCOCC2)c1)c1cc(N2CCCS2(O)O)ccc1Cl. The summed E-state index contributed by atoms with van der Waals surface area (Å²) in [5.41, 5.74) is 2.51. The molecular weight excluding hydrogens is 447 g/mol. The Kier molecular flexibility index (Phi) is 6.48. The van der Waals surface area contributed by atoms with Crippen LogP contribution in [-0.2, 0) is 4.74 Å². The first kappa shape index (κ1) is 21.7. The predicted octanol–water partition coefficient (Wildman–Crippen LogP) is 6.02. The maximum absolute atomic E-state index is 13.0. The summed E-state index contributed by atoms with van der Waals surface area (Å²) in [5.74, 6) is 0.299. The highest BCUT2D eigenvalue weighted by molar-refractivity contribution is 8.25. The molecule has 0 unspecified atom stereocenters. The summed E-state index contributed by atoms with van der Waals surface area (Å²) in [6.07, 6.45) is 2.53. The standard InChI is InChI=1S/C21H24Cl2N2O4S/c22-16-10-15(14-4-7-29-8-5-14)11-17(12-16)24-21(26)19-13-18(2-3-20(19)23)25-6-1-9-30(25,27)28/h2-3,10-14,27-28H,1,4-9H2,(H,24,26). The minimum absolute atomic E-state index is 0.267. The second-order valence-corrected chi connectivity index (χ2v) is 10.5. The fourth-order valence-electron chi connectivity index (χ4n) is 3.95. The zero-order valence-electron chi connectivity index (χ0n) is 16.3. The fourth-order valence-corrected chi connectivity index (χ4v) is 6.00. The summed E-state index contributed by atoms with van der Waals surface area (Å²) in [4.78, 5) is 13.0. The highest BCUT2D eigenvalue weighted by atomic mass is 35.5. The van der Waals surface area contributed by atoms with Gasteiger partial charge < -0.3 is 10.1 Å². The van der Waals surface area contributed by atoms with Gasteiger partial charge in [-0.2, -0.15) is 0 Å². The van der Waals surface area contributed by atoms with Crippen molar-refractivity contribution < 1.29 is 18.6 Å². The minimum atomic E-state index is -2.85. The molecule has 0 aromatic heterocycles. The largest absolute Gasteiger partial charge is 0.381 e. The van der Waals surface area contributed by atoms with E-state index in [2.05, 4.69) is 5.32 Å². The van der Waals surface area contributed by atoms with E-state index in [1.54, 1.807) is 28.6 Å². The van der Waals surface area contributed by atoms with E-state index in [4.69, 9.17) is 27.9 Å². The molecular formula is C21H24Cl2N2O4S. The van der Waals surface area contributed by atoms with Crippen molar-refractivity contribution in [1.82, 2.24) is 0 Å². The van der Waals surface area contributed by atoms with Crippen molar-refractivity contribution in [2.75, 3.05) is 35.1 Å². The lowest BCUT2D eigenvalue weighted by Crippen LogP contribution is -2.22. The Hall–Kier alpha value is -1.48. The lowest BCUT2D eigenvalue weighted by molar-refractivity contribution is 0.0853. The number of carbonyl (C=O) groups excluding carboxylic acids is 1. The molecule has 6 nitrogen and oxygen atoms in total. The molecule has 3 N–H and O–H groups in total. The molecule has 0 atom stereocenters. The normalized spacial score (nSPS) is 20.2. The van der Waals surface area contributed by atoms with Crippen molar-refractivity contribution >= 4 is 51.3 Å². The molecule has 2 aliphatic rings. The summed E-state index contributed by atoms with van der Waals surface area (Å²) in [5, 5.41) is 3.73. The predicted molar refractivity (Wildman–Crippen MR) is 123 cm³/mol. The molecule has 2 aromatic carbocycles. The highest BCUT2D eigenvalue weighted by Gasteiger charge is 2.30. The number of rotatable bonds is 4. The lowest BCUT2D eigenvalue weighted by atomic mass is 9.91. The number of amides is 1. The highest BCUT2D eigenvalue weighted by Crippen LogP contribution is 2.51. The first-order chi connectivity index (χ1) is 14.3. The maximum Gasteiger partial charge on any atom is 0.257 e. The van der Waals surface area contributed by atoms with Crippen LogP contribution in [0.1, 0.15) is 41.1 Å². The summed E-state index contributed by atoms with van der Waals surface area (Å²) in [6, 6.07) is 10.5. The summed E-state index contributed by atoms with van der Waals surface area (Å²) < 4.78 is 27.4. The van der Waals surface area contributed by atoms with Crippen LogP contribution in [0.3, 0.4) is 0 Å². The fraction of sp³-hybridized carbons (Fsp3) is 0.381. The maximum atomic E-state index is 13.0. The third-order valence-electron chi connectivity index (χ3n) is 5.49. The zero-order chi connectivity index (χ0) is 21.3. The number of carbonyl (C=O) groups is 1. The van der Waals surface area contributed by atoms with Gasteiger partial charge in [-0.15, -0.1) is 10.8 Å². The van der Waals surface area contributed by atoms with Crippen LogP contribution in [0.5, 0.6) is 0 Å². The molecule has 30 heavy (non-hydrogen) atoms. The van der Waals surface area contributed by atoms with Gasteiger partial charge in [0.2, 0.25) is 0 Å². The molecule has 1 amide bonds. The average Bonchev–Trinajstić information content (AvgIpc) is 3.07. The van der Waals surface area contributed by atoms with Gasteiger partial charge in [0.1, 0.15) is 0 Å². The van der Waals surface area contributed by atoms with Crippen LogP contribution in [0, 0.1) is 0 Å². The number of hydrogen-bond donors (Lipinski definition) is 3. The number of halogens is 2. The van der Waals surface area contributed by atoms with Crippen LogP contribution >= 0.6 is 34.0 Å². The molecule has 2 heterocycles. The van der Waals surface area contributed by atoms with Gasteiger partial charge in [0.05, 0.1) is 22.0 Å². The van der Waals surface area contributed by atoms with E-state index < -0.39 is 10.8 Å². The lowest BCUT2D eigenvalue weighted by Gasteiger charge is -2.38. The summed E-state index contributed by atoms with van der Waals surface area (Å²) >= 11 is 12.6. The summed E-state index contributed by atoms with van der Waals surface area (Å²) in [7, 11) is -2.85. The Morgan fingerprint density at radius 1 is 1.13 bits per heavy atom. The van der Waals surface area contributed by atoms with Crippen molar-refractivity contribution in [2.45, 2.75) is 25.2 Å². The molecule has 2 aliphatic heterocycles. The van der Waals surface area contributed by atoms with E-state index in [0.717, 1.165) is 31.6 Å². The molecule has 4 rings (SSSR count). The Balaban J connectivity index is 1.57. The van der Waals surface area contributed by atoms with E-state index in [1.807, 2.05) is 12.1 Å². The van der Waals surface area contributed by atoms with Crippen LogP contribution in [0.15, 0.2) is 36.4 Å². The third kappa shape index (κ3) is 4.72. The number of anilines is 2. The molecule has 0 bridgehead atoms. The van der Waals surface area contributed by atoms with Gasteiger partial charge in [-0.25, -0.2) is 0 Å². The molecule has 2 fully saturated rings. The molecule has 0 radical (unpaired) electrons. The van der Waals surface area contributed by atoms with Gasteiger partial charge in [-0.3, -0.25) is 18.2 Å². The number of benzene rings is 2. The molecule has 162 valence electrons. The second kappa shape index (κ2) is 8.94. The van der Waals surface area contributed by atoms with E-state index in [-0.39, 0.29) is 11.5 Å². The van der Waals surface area contributed by atoms with Crippen molar-refractivity contribution in [2.24, 2.45) is 0 Å². The van der Waals surface area contributed by atoms with E-state index in [1.165, 1.54) is 0 Å². The molecule has 0 spiro atoms. The van der Waals surface area contributed by atoms with Crippen molar-refractivity contribution in [3.8, 4) is 0 Å². The molecule has 0 aliphatic carbocycles. The third-order valence-corrected chi connectivity index (χ3v) is 7.97. The zero-order valence-corrected chi connectivity index (χ0v) is 18.6. The molecule has 9 heteroatoms. The Morgan fingerprint density at radius 2 is 1.90 bits per heavy atom. The smallest absolute Gasteiger partial charge is 0.257 e. The Labute approximate surface area is 187 Å². The van der Waals surface area contributed by atoms with Crippen LogP contribution < -0.4 is 9.62 Å². The number of ether oxygens (including phenoxy) is 1. The van der Waals surface area contributed by atoms with Crippen LogP contribution in [0.2, 0.25) is 10.0 Å². The van der Waals surface area contributed by atoms with Crippen LogP contribution in [0.4, 0.5) is 11.4 Å². The Bertz CT molecular complexity index is 951. The first-order valence-electron chi connectivity index (χ1n) is 9.86. The quantitative estimate of drug-likeness (QED) is 0.509. The molecule has 0 saturated carbocycles. The number of nitrogens with zero attached hydrogens (tertiary/aromatic N) is 1. The first-order valence-corrected chi connectivity index (χ1v) is 12.3. The average molecular weight is 471 g/mol.